The van der Waals surface area contributed by atoms with Gasteiger partial charge in [-0.25, -0.2) is 24.5 Å². The molecule has 0 unspecified atom stereocenters. The summed E-state index contributed by atoms with van der Waals surface area (Å²) >= 11 is 1.22. The van der Waals surface area contributed by atoms with Gasteiger partial charge < -0.3 is 14.2 Å². The number of amides is 1. The van der Waals surface area contributed by atoms with E-state index in [-0.39, 0.29) is 18.5 Å². The van der Waals surface area contributed by atoms with Crippen molar-refractivity contribution in [2.45, 2.75) is 57.0 Å². The number of hydrogen-bond acceptors (Lipinski definition) is 9. The van der Waals surface area contributed by atoms with Crippen molar-refractivity contribution in [3.05, 3.63) is 87.9 Å². The van der Waals surface area contributed by atoms with Gasteiger partial charge in [-0.1, -0.05) is 11.8 Å². The van der Waals surface area contributed by atoms with E-state index in [0.717, 1.165) is 16.7 Å². The second-order valence-electron chi connectivity index (χ2n) is 11.5. The fourth-order valence-electron chi connectivity index (χ4n) is 5.91. The van der Waals surface area contributed by atoms with Crippen LogP contribution < -0.4 is 4.74 Å². The molecular formula is C34H30F6N4O5S. The molecule has 0 bridgehead atoms. The van der Waals surface area contributed by atoms with Crippen LogP contribution in [0.25, 0.3) is 22.3 Å². The first-order valence-corrected chi connectivity index (χ1v) is 16.1. The van der Waals surface area contributed by atoms with Crippen molar-refractivity contribution in [3.63, 3.8) is 0 Å². The van der Waals surface area contributed by atoms with Gasteiger partial charge in [-0.15, -0.1) is 0 Å². The molecule has 5 rings (SSSR count). The van der Waals surface area contributed by atoms with Gasteiger partial charge in [0.25, 0.3) is 0 Å². The molecule has 50 heavy (non-hydrogen) atoms. The number of hydrogen-bond donors (Lipinski definition) is 0. The van der Waals surface area contributed by atoms with E-state index in [1.54, 1.807) is 30.7 Å². The Kier molecular flexibility index (Phi) is 10.1. The number of pyridine rings is 1. The molecule has 1 amide bonds. The zero-order valence-electron chi connectivity index (χ0n) is 27.5. The van der Waals surface area contributed by atoms with Crippen LogP contribution in [0.3, 0.4) is 0 Å². The minimum absolute atomic E-state index is 0.0197. The number of methoxy groups -OCH3 is 2. The summed E-state index contributed by atoms with van der Waals surface area (Å²) in [6.07, 6.45) is -7.71. The molecule has 0 spiro atoms. The average molecular weight is 721 g/mol. The summed E-state index contributed by atoms with van der Waals surface area (Å²) in [6, 6.07) is 5.30. The number of rotatable bonds is 8. The molecule has 0 saturated carbocycles. The van der Waals surface area contributed by atoms with Gasteiger partial charge in [-0.3, -0.25) is 4.90 Å². The molecule has 16 heteroatoms. The molecule has 4 aromatic rings. The van der Waals surface area contributed by atoms with Gasteiger partial charge in [0.15, 0.2) is 5.16 Å². The molecule has 1 aliphatic heterocycles. The lowest BCUT2D eigenvalue weighted by Crippen LogP contribution is -2.32. The highest BCUT2D eigenvalue weighted by atomic mass is 32.2. The van der Waals surface area contributed by atoms with Crippen LogP contribution in [0.15, 0.2) is 53.9 Å². The maximum atomic E-state index is 13.6. The normalized spacial score (nSPS) is 16.4. The molecule has 1 aliphatic rings. The number of cyclic esters (lactones) is 1. The van der Waals surface area contributed by atoms with Gasteiger partial charge in [0.05, 0.1) is 49.2 Å². The number of carbonyl (C=O) groups excluding carboxylic acids is 2. The van der Waals surface area contributed by atoms with E-state index >= 15 is 0 Å². The first-order valence-electron chi connectivity index (χ1n) is 14.9. The third-order valence-corrected chi connectivity index (χ3v) is 8.82. The first kappa shape index (κ1) is 36.4. The molecule has 1 fully saturated rings. The number of aryl methyl sites for hydroxylation is 2. The summed E-state index contributed by atoms with van der Waals surface area (Å²) < 4.78 is 97.5. The van der Waals surface area contributed by atoms with Crippen molar-refractivity contribution in [3.8, 4) is 28.1 Å². The van der Waals surface area contributed by atoms with E-state index in [4.69, 9.17) is 14.2 Å². The molecule has 2 aromatic carbocycles. The van der Waals surface area contributed by atoms with Crippen molar-refractivity contribution in [1.29, 1.82) is 0 Å². The molecule has 264 valence electrons. The fraction of sp³-hybridized carbons (Fsp3) is 0.324. The summed E-state index contributed by atoms with van der Waals surface area (Å²) in [5, 5.41) is 0.335. The summed E-state index contributed by atoms with van der Waals surface area (Å²) in [6.45, 7) is 4.89. The molecule has 0 aliphatic carbocycles. The van der Waals surface area contributed by atoms with Gasteiger partial charge in [-0.2, -0.15) is 26.3 Å². The second-order valence-corrected chi connectivity index (χ2v) is 12.3. The predicted octanol–water partition coefficient (Wildman–Crippen LogP) is 8.46. The van der Waals surface area contributed by atoms with Crippen LogP contribution >= 0.6 is 11.8 Å². The summed E-state index contributed by atoms with van der Waals surface area (Å²) in [4.78, 5) is 40.1. The van der Waals surface area contributed by atoms with Crippen LogP contribution in [0, 0.1) is 13.8 Å². The smallest absolute Gasteiger partial charge is 0.416 e. The third kappa shape index (κ3) is 7.20. The van der Waals surface area contributed by atoms with Gasteiger partial charge >= 0.3 is 24.4 Å². The average Bonchev–Trinajstić information content (AvgIpc) is 3.34. The predicted molar refractivity (Wildman–Crippen MR) is 171 cm³/mol. The second kappa shape index (κ2) is 13.8. The van der Waals surface area contributed by atoms with Crippen LogP contribution in [0.1, 0.15) is 56.9 Å². The van der Waals surface area contributed by atoms with Crippen molar-refractivity contribution in [1.82, 2.24) is 19.9 Å². The summed E-state index contributed by atoms with van der Waals surface area (Å²) in [5.74, 6) is -0.298. The van der Waals surface area contributed by atoms with Crippen molar-refractivity contribution >= 4 is 23.8 Å². The Bertz CT molecular complexity index is 1910. The number of halogens is 6. The Morgan fingerprint density at radius 2 is 1.54 bits per heavy atom. The van der Waals surface area contributed by atoms with E-state index in [1.807, 2.05) is 13.8 Å². The molecule has 2 atom stereocenters. The van der Waals surface area contributed by atoms with E-state index in [2.05, 4.69) is 15.0 Å². The quantitative estimate of drug-likeness (QED) is 0.0768. The van der Waals surface area contributed by atoms with Crippen molar-refractivity contribution in [2.75, 3.05) is 20.5 Å². The zero-order chi connectivity index (χ0) is 36.7. The van der Waals surface area contributed by atoms with E-state index in [1.165, 1.54) is 44.0 Å². The highest BCUT2D eigenvalue weighted by molar-refractivity contribution is 7.98. The number of ether oxygens (including phenoxy) is 3. The van der Waals surface area contributed by atoms with Gasteiger partial charge in [0.2, 0.25) is 5.88 Å². The Morgan fingerprint density at radius 3 is 2.08 bits per heavy atom. The SMILES string of the molecule is COC(=O)c1cc(C)c(-c2cnc(OC)c(-c3cnc(SC)nc3CN3C(=O)O[C@H](c4cc(C(F)(F)F)cc(C(F)(F)F)c4)[C@@H]3C)c2)c(C)c1. The molecule has 1 saturated heterocycles. The molecule has 3 heterocycles. The van der Waals surface area contributed by atoms with E-state index < -0.39 is 53.3 Å². The van der Waals surface area contributed by atoms with Crippen molar-refractivity contribution in [2.24, 2.45) is 0 Å². The first-order chi connectivity index (χ1) is 23.5. The molecular weight excluding hydrogens is 690 g/mol. The lowest BCUT2D eigenvalue weighted by atomic mass is 9.92. The van der Waals surface area contributed by atoms with Gasteiger partial charge in [0.1, 0.15) is 6.10 Å². The van der Waals surface area contributed by atoms with E-state index in [9.17, 15) is 35.9 Å². The Labute approximate surface area is 287 Å². The summed E-state index contributed by atoms with van der Waals surface area (Å²) in [5.41, 5.74) is 0.994. The van der Waals surface area contributed by atoms with Crippen LogP contribution in [-0.4, -0.2) is 58.4 Å². The van der Waals surface area contributed by atoms with Crippen LogP contribution in [-0.2, 0) is 28.4 Å². The van der Waals surface area contributed by atoms with Crippen LogP contribution in [0.5, 0.6) is 5.88 Å². The Hall–Kier alpha value is -4.86. The standard InChI is InChI=1S/C34H30F6N4O5S/c1-16-7-20(30(45)48-5)8-17(2)27(16)21-11-24(29(47-4)41-13-21)25-14-42-31(50-6)43-26(25)15-44-18(3)28(49-32(44)46)19-9-22(33(35,36)37)12-23(10-19)34(38,39)40/h7-14,18,28H,15H2,1-6H3/t18-,28-/m0/s1. The number of nitrogens with zero attached hydrogens (tertiary/aromatic N) is 4. The Balaban J connectivity index is 1.57. The highest BCUT2D eigenvalue weighted by Gasteiger charge is 2.43. The maximum absolute atomic E-state index is 13.6. The maximum Gasteiger partial charge on any atom is 0.416 e. The van der Waals surface area contributed by atoms with Crippen molar-refractivity contribution < 1.29 is 50.1 Å². The highest BCUT2D eigenvalue weighted by Crippen LogP contribution is 2.42. The molecule has 0 radical (unpaired) electrons. The third-order valence-electron chi connectivity index (χ3n) is 8.26. The van der Waals surface area contributed by atoms with Gasteiger partial charge in [-0.05, 0) is 85.7 Å². The lowest BCUT2D eigenvalue weighted by Gasteiger charge is -2.23. The molecule has 0 N–H and O–H groups in total. The molecule has 9 nitrogen and oxygen atoms in total. The van der Waals surface area contributed by atoms with Crippen LogP contribution in [0.2, 0.25) is 0 Å². The number of esters is 1. The number of thioether (sulfide) groups is 1. The lowest BCUT2D eigenvalue weighted by molar-refractivity contribution is -0.143. The summed E-state index contributed by atoms with van der Waals surface area (Å²) in [7, 11) is 2.71. The topological polar surface area (TPSA) is 104 Å². The number of benzene rings is 2. The minimum atomic E-state index is -5.08. The number of alkyl halides is 6. The van der Waals surface area contributed by atoms with Crippen LogP contribution in [0.4, 0.5) is 31.1 Å². The monoisotopic (exact) mass is 720 g/mol. The minimum Gasteiger partial charge on any atom is -0.481 e. The largest absolute Gasteiger partial charge is 0.481 e. The number of aromatic nitrogens is 3. The fourth-order valence-corrected chi connectivity index (χ4v) is 6.27. The van der Waals surface area contributed by atoms with E-state index in [0.29, 0.717) is 45.2 Å². The van der Waals surface area contributed by atoms with Gasteiger partial charge in [0, 0.05) is 29.1 Å². The Morgan fingerprint density at radius 1 is 0.920 bits per heavy atom. The zero-order valence-corrected chi connectivity index (χ0v) is 28.3. The molecule has 2 aromatic heterocycles. The number of carbonyl (C=O) groups is 2.